The van der Waals surface area contributed by atoms with Crippen LogP contribution in [0.5, 0.6) is 0 Å². The van der Waals surface area contributed by atoms with Gasteiger partial charge in [0.15, 0.2) is 5.82 Å². The van der Waals surface area contributed by atoms with Gasteiger partial charge in [-0.25, -0.2) is 4.98 Å². The first-order valence-corrected chi connectivity index (χ1v) is 4.28. The fraction of sp³-hybridized carbons (Fsp3) is 0.222. The second-order valence-corrected chi connectivity index (χ2v) is 2.89. The van der Waals surface area contributed by atoms with Gasteiger partial charge in [-0.05, 0) is 11.6 Å². The van der Waals surface area contributed by atoms with Crippen LogP contribution in [0, 0.1) is 0 Å². The van der Waals surface area contributed by atoms with Crippen molar-refractivity contribution >= 4 is 0 Å². The molecule has 0 spiro atoms. The SMILES string of the molecule is OCc1n[nH]c(Cc2cccnc2)n1. The molecule has 2 aromatic rings. The number of pyridine rings is 1. The van der Waals surface area contributed by atoms with E-state index in [0.29, 0.717) is 12.2 Å². The van der Waals surface area contributed by atoms with Crippen molar-refractivity contribution in [2.75, 3.05) is 0 Å². The second-order valence-electron chi connectivity index (χ2n) is 2.89. The number of hydrogen-bond donors (Lipinski definition) is 2. The zero-order chi connectivity index (χ0) is 9.80. The fourth-order valence-electron chi connectivity index (χ4n) is 1.18. The highest BCUT2D eigenvalue weighted by Crippen LogP contribution is 2.03. The average Bonchev–Trinajstić information content (AvgIpc) is 2.67. The highest BCUT2D eigenvalue weighted by atomic mass is 16.3. The van der Waals surface area contributed by atoms with Gasteiger partial charge in [0.1, 0.15) is 12.4 Å². The molecule has 0 radical (unpaired) electrons. The standard InChI is InChI=1S/C9H10N4O/c14-6-9-11-8(12-13-9)4-7-2-1-3-10-5-7/h1-3,5,14H,4,6H2,(H,11,12,13). The minimum atomic E-state index is -0.135. The zero-order valence-electron chi connectivity index (χ0n) is 7.51. The van der Waals surface area contributed by atoms with Crippen molar-refractivity contribution in [1.29, 1.82) is 0 Å². The van der Waals surface area contributed by atoms with Gasteiger partial charge in [-0.2, -0.15) is 5.10 Å². The predicted octanol–water partition coefficient (Wildman–Crippen LogP) is 0.283. The summed E-state index contributed by atoms with van der Waals surface area (Å²) in [5, 5.41) is 15.3. The largest absolute Gasteiger partial charge is 0.388 e. The number of rotatable bonds is 3. The summed E-state index contributed by atoms with van der Waals surface area (Å²) in [6.07, 6.45) is 4.16. The summed E-state index contributed by atoms with van der Waals surface area (Å²) in [6.45, 7) is -0.135. The van der Waals surface area contributed by atoms with Crippen molar-refractivity contribution in [3.63, 3.8) is 0 Å². The highest BCUT2D eigenvalue weighted by molar-refractivity contribution is 5.13. The van der Waals surface area contributed by atoms with Gasteiger partial charge >= 0.3 is 0 Å². The molecule has 0 fully saturated rings. The van der Waals surface area contributed by atoms with Crippen LogP contribution in [0.2, 0.25) is 0 Å². The molecule has 0 amide bonds. The Balaban J connectivity index is 2.11. The summed E-state index contributed by atoms with van der Waals surface area (Å²) in [4.78, 5) is 8.08. The van der Waals surface area contributed by atoms with Crippen LogP contribution in [-0.2, 0) is 13.0 Å². The molecule has 0 saturated heterocycles. The van der Waals surface area contributed by atoms with E-state index in [0.717, 1.165) is 11.4 Å². The Morgan fingerprint density at radius 1 is 1.43 bits per heavy atom. The Bertz CT molecular complexity index is 398. The smallest absolute Gasteiger partial charge is 0.176 e. The van der Waals surface area contributed by atoms with E-state index in [2.05, 4.69) is 20.2 Å². The summed E-state index contributed by atoms with van der Waals surface area (Å²) in [5.41, 5.74) is 1.06. The fourth-order valence-corrected chi connectivity index (χ4v) is 1.18. The van der Waals surface area contributed by atoms with E-state index in [4.69, 9.17) is 5.11 Å². The summed E-state index contributed by atoms with van der Waals surface area (Å²) >= 11 is 0. The molecule has 0 atom stereocenters. The van der Waals surface area contributed by atoms with Gasteiger partial charge in [0.25, 0.3) is 0 Å². The third kappa shape index (κ3) is 1.94. The Kier molecular flexibility index (Phi) is 2.51. The van der Waals surface area contributed by atoms with E-state index in [-0.39, 0.29) is 6.61 Å². The van der Waals surface area contributed by atoms with Crippen molar-refractivity contribution in [3.8, 4) is 0 Å². The molecule has 0 aromatic carbocycles. The van der Waals surface area contributed by atoms with Crippen LogP contribution in [0.15, 0.2) is 24.5 Å². The Morgan fingerprint density at radius 3 is 3.00 bits per heavy atom. The first kappa shape index (κ1) is 8.83. The number of aromatic amines is 1. The maximum absolute atomic E-state index is 8.76. The minimum Gasteiger partial charge on any atom is -0.388 e. The molecule has 0 bridgehead atoms. The van der Waals surface area contributed by atoms with E-state index >= 15 is 0 Å². The monoisotopic (exact) mass is 190 g/mol. The molecule has 5 heteroatoms. The maximum Gasteiger partial charge on any atom is 0.176 e. The molecule has 0 aliphatic heterocycles. The van der Waals surface area contributed by atoms with E-state index in [1.165, 1.54) is 0 Å². The number of aliphatic hydroxyl groups is 1. The first-order chi connectivity index (χ1) is 6.88. The molecule has 0 aliphatic rings. The summed E-state index contributed by atoms with van der Waals surface area (Å²) in [6, 6.07) is 3.84. The third-order valence-corrected chi connectivity index (χ3v) is 1.81. The molecule has 2 heterocycles. The lowest BCUT2D eigenvalue weighted by Gasteiger charge is -1.94. The van der Waals surface area contributed by atoms with Gasteiger partial charge in [0.2, 0.25) is 0 Å². The maximum atomic E-state index is 8.76. The second kappa shape index (κ2) is 3.97. The van der Waals surface area contributed by atoms with Crippen molar-refractivity contribution < 1.29 is 5.11 Å². The van der Waals surface area contributed by atoms with Gasteiger partial charge in [0, 0.05) is 18.8 Å². The van der Waals surface area contributed by atoms with Crippen LogP contribution in [0.4, 0.5) is 0 Å². The first-order valence-electron chi connectivity index (χ1n) is 4.28. The van der Waals surface area contributed by atoms with Crippen LogP contribution in [0.3, 0.4) is 0 Å². The quantitative estimate of drug-likeness (QED) is 0.729. The van der Waals surface area contributed by atoms with E-state index < -0.39 is 0 Å². The van der Waals surface area contributed by atoms with Gasteiger partial charge in [-0.3, -0.25) is 10.1 Å². The number of H-pyrrole nitrogens is 1. The summed E-state index contributed by atoms with van der Waals surface area (Å²) in [5.74, 6) is 1.16. The number of aliphatic hydroxyl groups excluding tert-OH is 1. The molecule has 2 N–H and O–H groups in total. The molecular weight excluding hydrogens is 180 g/mol. The van der Waals surface area contributed by atoms with E-state index in [1.54, 1.807) is 12.4 Å². The van der Waals surface area contributed by atoms with Crippen molar-refractivity contribution in [2.45, 2.75) is 13.0 Å². The van der Waals surface area contributed by atoms with Gasteiger partial charge < -0.3 is 5.11 Å². The van der Waals surface area contributed by atoms with Crippen molar-refractivity contribution in [2.24, 2.45) is 0 Å². The number of nitrogens with one attached hydrogen (secondary N) is 1. The van der Waals surface area contributed by atoms with Crippen LogP contribution < -0.4 is 0 Å². The van der Waals surface area contributed by atoms with Crippen molar-refractivity contribution in [3.05, 3.63) is 41.7 Å². The molecule has 0 saturated carbocycles. The number of aromatic nitrogens is 4. The van der Waals surface area contributed by atoms with Crippen LogP contribution in [0.1, 0.15) is 17.2 Å². The third-order valence-electron chi connectivity index (χ3n) is 1.81. The number of nitrogens with zero attached hydrogens (tertiary/aromatic N) is 3. The molecule has 5 nitrogen and oxygen atoms in total. The van der Waals surface area contributed by atoms with Crippen LogP contribution >= 0.6 is 0 Å². The highest BCUT2D eigenvalue weighted by Gasteiger charge is 2.02. The zero-order valence-corrected chi connectivity index (χ0v) is 7.51. The van der Waals surface area contributed by atoms with Crippen LogP contribution in [0.25, 0.3) is 0 Å². The molecule has 0 aliphatic carbocycles. The van der Waals surface area contributed by atoms with E-state index in [1.807, 2.05) is 12.1 Å². The van der Waals surface area contributed by atoms with Gasteiger partial charge in [-0.1, -0.05) is 6.07 Å². The lowest BCUT2D eigenvalue weighted by atomic mass is 10.2. The van der Waals surface area contributed by atoms with E-state index in [9.17, 15) is 0 Å². The minimum absolute atomic E-state index is 0.135. The topological polar surface area (TPSA) is 74.7 Å². The lowest BCUT2D eigenvalue weighted by molar-refractivity contribution is 0.272. The molecule has 72 valence electrons. The Morgan fingerprint density at radius 2 is 2.36 bits per heavy atom. The normalized spacial score (nSPS) is 10.4. The molecule has 2 rings (SSSR count). The van der Waals surface area contributed by atoms with Gasteiger partial charge in [0.05, 0.1) is 0 Å². The van der Waals surface area contributed by atoms with Crippen molar-refractivity contribution in [1.82, 2.24) is 20.2 Å². The summed E-state index contributed by atoms with van der Waals surface area (Å²) in [7, 11) is 0. The van der Waals surface area contributed by atoms with Crippen LogP contribution in [-0.4, -0.2) is 25.3 Å². The van der Waals surface area contributed by atoms with Gasteiger partial charge in [-0.15, -0.1) is 0 Å². The molecular formula is C9H10N4O. The average molecular weight is 190 g/mol. The molecule has 14 heavy (non-hydrogen) atoms. The Labute approximate surface area is 80.8 Å². The number of hydrogen-bond acceptors (Lipinski definition) is 4. The molecule has 0 unspecified atom stereocenters. The predicted molar refractivity (Wildman–Crippen MR) is 49.3 cm³/mol. The Hall–Kier alpha value is -1.75. The lowest BCUT2D eigenvalue weighted by Crippen LogP contribution is -1.91. The molecule has 2 aromatic heterocycles. The summed E-state index contributed by atoms with van der Waals surface area (Å²) < 4.78 is 0.